The summed E-state index contributed by atoms with van der Waals surface area (Å²) in [7, 11) is 0. The molecule has 0 aliphatic carbocycles. The van der Waals surface area contributed by atoms with Crippen LogP contribution in [0.1, 0.15) is 21.5 Å². The van der Waals surface area contributed by atoms with Crippen LogP contribution in [0.15, 0.2) is 53.5 Å². The summed E-state index contributed by atoms with van der Waals surface area (Å²) < 4.78 is 14.4. The second-order valence-electron chi connectivity index (χ2n) is 5.52. The summed E-state index contributed by atoms with van der Waals surface area (Å²) in [5, 5.41) is 19.2. The van der Waals surface area contributed by atoms with Gasteiger partial charge in [-0.3, -0.25) is 14.2 Å². The molecule has 0 radical (unpaired) electrons. The molecule has 2 aromatic carbocycles. The van der Waals surface area contributed by atoms with Gasteiger partial charge in [0.25, 0.3) is 5.56 Å². The standard InChI is InChI=1S/C19H9Cl2FN2O3/c20-12-1-4-17(25)14(6-12)18(26)11-5-10(8-23)19(27)24(9-11)13-2-3-16(22)15(21)7-13/h1-7,9,25H. The zero-order chi connectivity index (χ0) is 19.7. The molecule has 1 N–H and O–H groups in total. The molecule has 3 rings (SSSR count). The lowest BCUT2D eigenvalue weighted by molar-refractivity contribution is 0.103. The number of phenolic OH excluding ortho intramolecular Hbond substituents is 1. The van der Waals surface area contributed by atoms with E-state index in [2.05, 4.69) is 0 Å². The zero-order valence-electron chi connectivity index (χ0n) is 13.4. The van der Waals surface area contributed by atoms with E-state index in [9.17, 15) is 24.3 Å². The van der Waals surface area contributed by atoms with Crippen molar-refractivity contribution in [2.75, 3.05) is 0 Å². The highest BCUT2D eigenvalue weighted by Gasteiger charge is 2.18. The normalized spacial score (nSPS) is 10.4. The fourth-order valence-corrected chi connectivity index (χ4v) is 2.81. The van der Waals surface area contributed by atoms with Crippen molar-refractivity contribution in [2.24, 2.45) is 0 Å². The number of nitrogens with zero attached hydrogens (tertiary/aromatic N) is 2. The van der Waals surface area contributed by atoms with Gasteiger partial charge in [0.15, 0.2) is 5.78 Å². The first-order chi connectivity index (χ1) is 12.8. The summed E-state index contributed by atoms with van der Waals surface area (Å²) in [6.45, 7) is 0. The maximum absolute atomic E-state index is 13.4. The third-order valence-electron chi connectivity index (χ3n) is 3.78. The largest absolute Gasteiger partial charge is 0.507 e. The van der Waals surface area contributed by atoms with Crippen LogP contribution in [0.25, 0.3) is 5.69 Å². The Kier molecular flexibility index (Phi) is 5.00. The van der Waals surface area contributed by atoms with E-state index in [4.69, 9.17) is 23.2 Å². The second kappa shape index (κ2) is 7.23. The number of phenols is 1. The number of carbonyl (C=O) groups excluding carboxylic acids is 1. The number of benzene rings is 2. The Labute approximate surface area is 162 Å². The Balaban J connectivity index is 2.22. The molecule has 0 fully saturated rings. The molecule has 0 amide bonds. The molecule has 0 spiro atoms. The van der Waals surface area contributed by atoms with Gasteiger partial charge in [0.2, 0.25) is 0 Å². The molecule has 0 saturated carbocycles. The first-order valence-corrected chi connectivity index (χ1v) is 8.23. The molecule has 0 unspecified atom stereocenters. The summed E-state index contributed by atoms with van der Waals surface area (Å²) in [5.41, 5.74) is -0.958. The molecule has 8 heteroatoms. The Bertz CT molecular complexity index is 1180. The Morgan fingerprint density at radius 3 is 2.56 bits per heavy atom. The van der Waals surface area contributed by atoms with Crippen molar-refractivity contribution in [1.82, 2.24) is 4.57 Å². The van der Waals surface area contributed by atoms with Gasteiger partial charge >= 0.3 is 0 Å². The summed E-state index contributed by atoms with van der Waals surface area (Å²) in [4.78, 5) is 25.2. The highest BCUT2D eigenvalue weighted by Crippen LogP contribution is 2.25. The first kappa shape index (κ1) is 18.6. The fourth-order valence-electron chi connectivity index (χ4n) is 2.46. The van der Waals surface area contributed by atoms with E-state index in [1.807, 2.05) is 0 Å². The SMILES string of the molecule is N#Cc1cc(C(=O)c2cc(Cl)ccc2O)cn(-c2ccc(F)c(Cl)c2)c1=O. The lowest BCUT2D eigenvalue weighted by atomic mass is 10.0. The van der Waals surface area contributed by atoms with Crippen LogP contribution in [0.4, 0.5) is 4.39 Å². The first-order valence-electron chi connectivity index (χ1n) is 7.47. The molecular formula is C19H9Cl2FN2O3. The minimum Gasteiger partial charge on any atom is -0.507 e. The van der Waals surface area contributed by atoms with E-state index in [1.165, 1.54) is 36.5 Å². The predicted molar refractivity (Wildman–Crippen MR) is 98.3 cm³/mol. The highest BCUT2D eigenvalue weighted by atomic mass is 35.5. The Hall–Kier alpha value is -3.14. The summed E-state index contributed by atoms with van der Waals surface area (Å²) in [6, 6.07) is 10.3. The lowest BCUT2D eigenvalue weighted by Gasteiger charge is -2.11. The lowest BCUT2D eigenvalue weighted by Crippen LogP contribution is -2.22. The smallest absolute Gasteiger partial charge is 0.273 e. The highest BCUT2D eigenvalue weighted by molar-refractivity contribution is 6.31. The van der Waals surface area contributed by atoms with Crippen molar-refractivity contribution >= 4 is 29.0 Å². The van der Waals surface area contributed by atoms with E-state index in [1.54, 1.807) is 6.07 Å². The average molecular weight is 403 g/mol. The van der Waals surface area contributed by atoms with Crippen molar-refractivity contribution in [2.45, 2.75) is 0 Å². The second-order valence-corrected chi connectivity index (χ2v) is 6.36. The van der Waals surface area contributed by atoms with E-state index in [-0.39, 0.29) is 38.2 Å². The zero-order valence-corrected chi connectivity index (χ0v) is 14.9. The fraction of sp³-hybridized carbons (Fsp3) is 0. The van der Waals surface area contributed by atoms with E-state index < -0.39 is 17.2 Å². The molecule has 0 atom stereocenters. The number of ketones is 1. The Morgan fingerprint density at radius 1 is 1.15 bits per heavy atom. The third-order valence-corrected chi connectivity index (χ3v) is 4.31. The van der Waals surface area contributed by atoms with Crippen LogP contribution in [0.5, 0.6) is 5.75 Å². The topological polar surface area (TPSA) is 83.1 Å². The predicted octanol–water partition coefficient (Wildman–Crippen LogP) is 4.09. The van der Waals surface area contributed by atoms with Crippen molar-refractivity contribution in [1.29, 1.82) is 5.26 Å². The van der Waals surface area contributed by atoms with Crippen molar-refractivity contribution in [3.63, 3.8) is 0 Å². The van der Waals surface area contributed by atoms with Crippen molar-refractivity contribution in [3.8, 4) is 17.5 Å². The molecule has 5 nitrogen and oxygen atoms in total. The molecule has 0 bridgehead atoms. The number of aromatic hydroxyl groups is 1. The maximum atomic E-state index is 13.4. The number of nitriles is 1. The number of rotatable bonds is 3. The number of hydrogen-bond acceptors (Lipinski definition) is 4. The molecule has 27 heavy (non-hydrogen) atoms. The van der Waals surface area contributed by atoms with Crippen LogP contribution in [0, 0.1) is 17.1 Å². The van der Waals surface area contributed by atoms with Gasteiger partial charge in [0.1, 0.15) is 23.2 Å². The van der Waals surface area contributed by atoms with Crippen LogP contribution >= 0.6 is 23.2 Å². The van der Waals surface area contributed by atoms with Crippen LogP contribution in [0.2, 0.25) is 10.0 Å². The van der Waals surface area contributed by atoms with Gasteiger partial charge in [-0.1, -0.05) is 23.2 Å². The number of pyridine rings is 1. The van der Waals surface area contributed by atoms with Gasteiger partial charge < -0.3 is 5.11 Å². The van der Waals surface area contributed by atoms with E-state index >= 15 is 0 Å². The van der Waals surface area contributed by atoms with E-state index in [0.717, 1.165) is 16.7 Å². The van der Waals surface area contributed by atoms with Crippen LogP contribution in [0.3, 0.4) is 0 Å². The van der Waals surface area contributed by atoms with Gasteiger partial charge in [-0.2, -0.15) is 5.26 Å². The Morgan fingerprint density at radius 2 is 1.89 bits per heavy atom. The van der Waals surface area contributed by atoms with Crippen LogP contribution < -0.4 is 5.56 Å². The minimum atomic E-state index is -0.702. The third kappa shape index (κ3) is 3.56. The molecule has 0 saturated heterocycles. The molecule has 134 valence electrons. The van der Waals surface area contributed by atoms with Crippen molar-refractivity contribution in [3.05, 3.63) is 91.6 Å². The minimum absolute atomic E-state index is 0.0378. The van der Waals surface area contributed by atoms with E-state index in [0.29, 0.717) is 0 Å². The monoisotopic (exact) mass is 402 g/mol. The van der Waals surface area contributed by atoms with Gasteiger partial charge in [-0.05, 0) is 42.5 Å². The van der Waals surface area contributed by atoms with Gasteiger partial charge in [0, 0.05) is 16.8 Å². The molecule has 0 aliphatic rings. The maximum Gasteiger partial charge on any atom is 0.273 e. The summed E-state index contributed by atoms with van der Waals surface area (Å²) in [5.74, 6) is -1.62. The molecule has 3 aromatic rings. The van der Waals surface area contributed by atoms with Crippen LogP contribution in [-0.4, -0.2) is 15.5 Å². The number of aromatic nitrogens is 1. The number of carbonyl (C=O) groups is 1. The van der Waals surface area contributed by atoms with Gasteiger partial charge in [-0.15, -0.1) is 0 Å². The molecular weight excluding hydrogens is 394 g/mol. The summed E-state index contributed by atoms with van der Waals surface area (Å²) in [6.07, 6.45) is 1.19. The average Bonchev–Trinajstić information content (AvgIpc) is 2.65. The molecule has 1 aromatic heterocycles. The summed E-state index contributed by atoms with van der Waals surface area (Å²) >= 11 is 11.6. The molecule has 1 heterocycles. The quantitative estimate of drug-likeness (QED) is 0.668. The number of hydrogen-bond donors (Lipinski definition) is 1. The molecule has 0 aliphatic heterocycles. The van der Waals surface area contributed by atoms with Crippen molar-refractivity contribution < 1.29 is 14.3 Å². The van der Waals surface area contributed by atoms with Gasteiger partial charge in [-0.25, -0.2) is 4.39 Å². The van der Waals surface area contributed by atoms with Gasteiger partial charge in [0.05, 0.1) is 16.3 Å². The number of halogens is 3. The van der Waals surface area contributed by atoms with Crippen LogP contribution in [-0.2, 0) is 0 Å².